The van der Waals surface area contributed by atoms with Crippen molar-refractivity contribution in [2.24, 2.45) is 0 Å². The first kappa shape index (κ1) is 22.3. The van der Waals surface area contributed by atoms with Gasteiger partial charge in [-0.3, -0.25) is 0 Å². The fraction of sp³-hybridized carbons (Fsp3) is 0.455. The molecule has 0 atom stereocenters. The van der Waals surface area contributed by atoms with E-state index in [0.717, 1.165) is 6.92 Å². The maximum absolute atomic E-state index is 15.2. The molecule has 28 heavy (non-hydrogen) atoms. The van der Waals surface area contributed by atoms with Gasteiger partial charge in [-0.2, -0.15) is 0 Å². The summed E-state index contributed by atoms with van der Waals surface area (Å²) in [7, 11) is 0. The van der Waals surface area contributed by atoms with E-state index < -0.39 is 74.9 Å². The highest BCUT2D eigenvalue weighted by atomic mass is 19.2. The summed E-state index contributed by atoms with van der Waals surface area (Å²) in [6, 6.07) is 0. The molecule has 0 fully saturated rings. The van der Waals surface area contributed by atoms with Gasteiger partial charge in [-0.1, -0.05) is 41.5 Å². The minimum Gasteiger partial charge on any atom is -0.206 e. The molecule has 2 aromatic rings. The Morgan fingerprint density at radius 1 is 0.429 bits per heavy atom. The molecule has 0 heterocycles. The van der Waals surface area contributed by atoms with E-state index >= 15 is 8.78 Å². The molecule has 0 N–H and O–H groups in total. The zero-order chi connectivity index (χ0) is 21.7. The molecule has 2 rings (SSSR count). The Balaban J connectivity index is 3.18. The second kappa shape index (κ2) is 7.80. The van der Waals surface area contributed by atoms with E-state index in [2.05, 4.69) is 0 Å². The number of rotatable bonds is 4. The van der Waals surface area contributed by atoms with E-state index in [1.165, 1.54) is 41.5 Å². The Bertz CT molecular complexity index is 926. The highest BCUT2D eigenvalue weighted by Gasteiger charge is 2.34. The summed E-state index contributed by atoms with van der Waals surface area (Å²) in [5.74, 6) is -10.1. The molecule has 0 aliphatic carbocycles. The first-order valence-corrected chi connectivity index (χ1v) is 9.21. The molecular formula is C22H24F6. The minimum absolute atomic E-state index is 0.300. The number of hydrogen-bond donors (Lipinski definition) is 0. The molecule has 0 saturated carbocycles. The Morgan fingerprint density at radius 3 is 1.18 bits per heavy atom. The Kier molecular flexibility index (Phi) is 6.22. The molecule has 0 bridgehead atoms. The monoisotopic (exact) mass is 402 g/mol. The van der Waals surface area contributed by atoms with Gasteiger partial charge < -0.3 is 0 Å². The minimum atomic E-state index is -1.51. The van der Waals surface area contributed by atoms with Crippen molar-refractivity contribution in [1.82, 2.24) is 0 Å². The summed E-state index contributed by atoms with van der Waals surface area (Å²) >= 11 is 0. The Morgan fingerprint density at radius 2 is 0.786 bits per heavy atom. The molecule has 0 aliphatic heterocycles. The number of benzene rings is 2. The molecule has 0 saturated heterocycles. The largest absolute Gasteiger partial charge is 0.206 e. The van der Waals surface area contributed by atoms with Gasteiger partial charge in [-0.25, -0.2) is 26.3 Å². The standard InChI is InChI=1S/C22H24F6/c1-8(2)12-15(21(27)18(24)11(7)17(12)23)16-13(9(3)4)19(25)14(10(5)6)20(26)22(16)28/h8-10H,1-7H3. The van der Waals surface area contributed by atoms with Crippen LogP contribution in [0.1, 0.15) is 81.5 Å². The van der Waals surface area contributed by atoms with Crippen molar-refractivity contribution >= 4 is 0 Å². The predicted molar refractivity (Wildman–Crippen MR) is 98.6 cm³/mol. The van der Waals surface area contributed by atoms with Crippen LogP contribution in [0.3, 0.4) is 0 Å². The van der Waals surface area contributed by atoms with E-state index in [0.29, 0.717) is 0 Å². The van der Waals surface area contributed by atoms with E-state index in [9.17, 15) is 17.6 Å². The maximum Gasteiger partial charge on any atom is 0.167 e. The predicted octanol–water partition coefficient (Wildman–Crippen LogP) is 7.87. The molecule has 0 spiro atoms. The summed E-state index contributed by atoms with van der Waals surface area (Å²) in [5.41, 5.74) is -3.15. The summed E-state index contributed by atoms with van der Waals surface area (Å²) in [4.78, 5) is 0. The van der Waals surface area contributed by atoms with Crippen LogP contribution in [0.4, 0.5) is 26.3 Å². The van der Waals surface area contributed by atoms with Crippen LogP contribution in [0.15, 0.2) is 0 Å². The van der Waals surface area contributed by atoms with Crippen LogP contribution >= 0.6 is 0 Å². The van der Waals surface area contributed by atoms with Gasteiger partial charge in [0, 0.05) is 33.4 Å². The van der Waals surface area contributed by atoms with E-state index in [-0.39, 0.29) is 11.1 Å². The first-order valence-electron chi connectivity index (χ1n) is 9.21. The zero-order valence-electron chi connectivity index (χ0n) is 17.0. The molecular weight excluding hydrogens is 378 g/mol. The summed E-state index contributed by atoms with van der Waals surface area (Å²) < 4.78 is 89.1. The lowest BCUT2D eigenvalue weighted by Gasteiger charge is -2.24. The van der Waals surface area contributed by atoms with Crippen molar-refractivity contribution in [2.75, 3.05) is 0 Å². The molecule has 0 aromatic heterocycles. The lowest BCUT2D eigenvalue weighted by molar-refractivity contribution is 0.460. The zero-order valence-corrected chi connectivity index (χ0v) is 17.0. The third-order valence-electron chi connectivity index (χ3n) is 4.95. The molecule has 2 aromatic carbocycles. The molecule has 0 aliphatic rings. The van der Waals surface area contributed by atoms with E-state index in [4.69, 9.17) is 0 Å². The van der Waals surface area contributed by atoms with Crippen LogP contribution in [0, 0.1) is 41.8 Å². The van der Waals surface area contributed by atoms with Crippen molar-refractivity contribution in [2.45, 2.75) is 66.2 Å². The normalized spacial score (nSPS) is 12.0. The fourth-order valence-electron chi connectivity index (χ4n) is 3.58. The number of halogens is 6. The average molecular weight is 402 g/mol. The molecule has 0 amide bonds. The topological polar surface area (TPSA) is 0 Å². The van der Waals surface area contributed by atoms with E-state index in [1.807, 2.05) is 0 Å². The van der Waals surface area contributed by atoms with Crippen LogP contribution in [-0.2, 0) is 0 Å². The van der Waals surface area contributed by atoms with Gasteiger partial charge in [0.2, 0.25) is 0 Å². The summed E-state index contributed by atoms with van der Waals surface area (Å²) in [6.45, 7) is 10.1. The Labute approximate surface area is 161 Å². The van der Waals surface area contributed by atoms with Gasteiger partial charge in [0.15, 0.2) is 23.3 Å². The fourth-order valence-corrected chi connectivity index (χ4v) is 3.58. The van der Waals surface area contributed by atoms with Gasteiger partial charge in [0.25, 0.3) is 0 Å². The Hall–Kier alpha value is -1.98. The molecule has 0 unspecified atom stereocenters. The second-order valence-corrected chi connectivity index (χ2v) is 7.96. The highest BCUT2D eigenvalue weighted by molar-refractivity contribution is 5.75. The molecule has 154 valence electrons. The lowest BCUT2D eigenvalue weighted by Crippen LogP contribution is -2.14. The third kappa shape index (κ3) is 3.31. The van der Waals surface area contributed by atoms with Gasteiger partial charge in [-0.05, 0) is 24.7 Å². The smallest absolute Gasteiger partial charge is 0.167 e. The highest BCUT2D eigenvalue weighted by Crippen LogP contribution is 2.44. The second-order valence-electron chi connectivity index (χ2n) is 7.96. The third-order valence-corrected chi connectivity index (χ3v) is 4.95. The first-order chi connectivity index (χ1) is 12.8. The van der Waals surface area contributed by atoms with Crippen molar-refractivity contribution in [3.8, 4) is 11.1 Å². The molecule has 0 nitrogen and oxygen atoms in total. The van der Waals surface area contributed by atoms with Crippen molar-refractivity contribution in [1.29, 1.82) is 0 Å². The quantitative estimate of drug-likeness (QED) is 0.361. The number of hydrogen-bond acceptors (Lipinski definition) is 0. The SMILES string of the molecule is Cc1c(F)c(F)c(-c2c(F)c(F)c(C(C)C)c(F)c2C(C)C)c(C(C)C)c1F. The van der Waals surface area contributed by atoms with Crippen LogP contribution < -0.4 is 0 Å². The van der Waals surface area contributed by atoms with E-state index in [1.54, 1.807) is 0 Å². The summed E-state index contributed by atoms with van der Waals surface area (Å²) in [6.07, 6.45) is 0. The maximum atomic E-state index is 15.2. The van der Waals surface area contributed by atoms with Gasteiger partial charge in [0.1, 0.15) is 11.6 Å². The molecule has 0 radical (unpaired) electrons. The van der Waals surface area contributed by atoms with Crippen LogP contribution in [0.5, 0.6) is 0 Å². The van der Waals surface area contributed by atoms with Gasteiger partial charge in [0.05, 0.1) is 0 Å². The van der Waals surface area contributed by atoms with Crippen molar-refractivity contribution in [3.05, 3.63) is 57.2 Å². The lowest BCUT2D eigenvalue weighted by atomic mass is 9.82. The van der Waals surface area contributed by atoms with Gasteiger partial charge in [-0.15, -0.1) is 0 Å². The average Bonchev–Trinajstić information content (AvgIpc) is 2.58. The van der Waals surface area contributed by atoms with Crippen LogP contribution in [0.2, 0.25) is 0 Å². The van der Waals surface area contributed by atoms with Crippen molar-refractivity contribution < 1.29 is 26.3 Å². The molecule has 6 heteroatoms. The van der Waals surface area contributed by atoms with Crippen LogP contribution in [-0.4, -0.2) is 0 Å². The van der Waals surface area contributed by atoms with Crippen molar-refractivity contribution in [3.63, 3.8) is 0 Å². The van der Waals surface area contributed by atoms with Gasteiger partial charge >= 0.3 is 0 Å². The van der Waals surface area contributed by atoms with Crippen LogP contribution in [0.25, 0.3) is 11.1 Å². The summed E-state index contributed by atoms with van der Waals surface area (Å²) in [5, 5.41) is 0.